The van der Waals surface area contributed by atoms with Crippen LogP contribution < -0.4 is 15.8 Å². The fourth-order valence-corrected chi connectivity index (χ4v) is 2.59. The van der Waals surface area contributed by atoms with Crippen molar-refractivity contribution in [3.63, 3.8) is 0 Å². The van der Waals surface area contributed by atoms with E-state index in [1.165, 1.54) is 17.3 Å². The molecule has 1 aliphatic heterocycles. The Labute approximate surface area is 128 Å². The summed E-state index contributed by atoms with van der Waals surface area (Å²) < 4.78 is 5.75. The van der Waals surface area contributed by atoms with Gasteiger partial charge < -0.3 is 15.8 Å². The molecule has 3 N–H and O–H groups in total. The zero-order valence-electron chi connectivity index (χ0n) is 12.4. The van der Waals surface area contributed by atoms with Crippen molar-refractivity contribution in [1.29, 1.82) is 0 Å². The molecule has 114 valence electrons. The lowest BCUT2D eigenvalue weighted by Gasteiger charge is -2.10. The molecule has 0 atom stereocenters. The fraction of sp³-hybridized carbons (Fsp3) is 0.312. The number of ether oxygens (including phenoxy) is 1. The highest BCUT2D eigenvalue weighted by Gasteiger charge is 2.12. The van der Waals surface area contributed by atoms with Crippen LogP contribution in [0.5, 0.6) is 11.6 Å². The summed E-state index contributed by atoms with van der Waals surface area (Å²) in [4.78, 5) is 19.4. The average molecular weight is 298 g/mol. The first-order chi connectivity index (χ1) is 10.6. The van der Waals surface area contributed by atoms with Crippen LogP contribution in [0.4, 0.5) is 0 Å². The maximum Gasteiger partial charge on any atom is 0.269 e. The second kappa shape index (κ2) is 6.11. The van der Waals surface area contributed by atoms with Crippen molar-refractivity contribution in [2.45, 2.75) is 19.8 Å². The SMILES string of the molecule is Cc1nc(Oc2ccc3c(c2)CCNCC3)cnc1C(N)=O. The van der Waals surface area contributed by atoms with Gasteiger partial charge in [-0.15, -0.1) is 0 Å². The Hall–Kier alpha value is -2.47. The molecule has 1 aromatic heterocycles. The van der Waals surface area contributed by atoms with Gasteiger partial charge in [0.1, 0.15) is 11.4 Å². The molecule has 0 bridgehead atoms. The standard InChI is InChI=1S/C16H18N4O2/c1-10-15(16(17)21)19-9-14(20-10)22-13-3-2-11-4-6-18-7-5-12(11)8-13/h2-3,8-9,18H,4-7H2,1H3,(H2,17,21). The minimum atomic E-state index is -0.589. The number of aromatic nitrogens is 2. The number of carbonyl (C=O) groups excluding carboxylic acids is 1. The number of primary amides is 1. The van der Waals surface area contributed by atoms with Crippen molar-refractivity contribution < 1.29 is 9.53 Å². The van der Waals surface area contributed by atoms with Crippen molar-refractivity contribution in [2.75, 3.05) is 13.1 Å². The van der Waals surface area contributed by atoms with Gasteiger partial charge in [0.05, 0.1) is 11.9 Å². The number of carbonyl (C=O) groups is 1. The van der Waals surface area contributed by atoms with Gasteiger partial charge in [0.25, 0.3) is 5.91 Å². The van der Waals surface area contributed by atoms with Crippen LogP contribution in [0.25, 0.3) is 0 Å². The van der Waals surface area contributed by atoms with E-state index in [-0.39, 0.29) is 5.69 Å². The first-order valence-corrected chi connectivity index (χ1v) is 7.27. The third kappa shape index (κ3) is 3.07. The zero-order valence-corrected chi connectivity index (χ0v) is 12.4. The Morgan fingerprint density at radius 2 is 2.05 bits per heavy atom. The van der Waals surface area contributed by atoms with Gasteiger partial charge >= 0.3 is 0 Å². The lowest BCUT2D eigenvalue weighted by molar-refractivity contribution is 0.0994. The number of benzene rings is 1. The lowest BCUT2D eigenvalue weighted by Crippen LogP contribution is -2.16. The van der Waals surface area contributed by atoms with Crippen molar-refractivity contribution in [1.82, 2.24) is 15.3 Å². The van der Waals surface area contributed by atoms with E-state index in [1.54, 1.807) is 6.92 Å². The van der Waals surface area contributed by atoms with Gasteiger partial charge in [-0.2, -0.15) is 0 Å². The van der Waals surface area contributed by atoms with Crippen molar-refractivity contribution >= 4 is 5.91 Å². The van der Waals surface area contributed by atoms with E-state index in [0.717, 1.165) is 31.7 Å². The van der Waals surface area contributed by atoms with Crippen molar-refractivity contribution in [2.24, 2.45) is 5.73 Å². The zero-order chi connectivity index (χ0) is 15.5. The van der Waals surface area contributed by atoms with Crippen molar-refractivity contribution in [3.05, 3.63) is 46.9 Å². The normalized spacial score (nSPS) is 14.0. The second-order valence-corrected chi connectivity index (χ2v) is 5.29. The van der Waals surface area contributed by atoms with Gasteiger partial charge in [-0.1, -0.05) is 6.07 Å². The highest BCUT2D eigenvalue weighted by atomic mass is 16.5. The molecule has 0 saturated carbocycles. The van der Waals surface area contributed by atoms with Gasteiger partial charge in [0, 0.05) is 0 Å². The number of hydrogen-bond donors (Lipinski definition) is 2. The summed E-state index contributed by atoms with van der Waals surface area (Å²) in [5, 5.41) is 3.38. The lowest BCUT2D eigenvalue weighted by atomic mass is 10.0. The molecule has 6 heteroatoms. The molecular weight excluding hydrogens is 280 g/mol. The van der Waals surface area contributed by atoms with Crippen LogP contribution in [-0.2, 0) is 12.8 Å². The Morgan fingerprint density at radius 1 is 1.27 bits per heavy atom. The molecule has 1 amide bonds. The predicted octanol–water partition coefficient (Wildman–Crippen LogP) is 1.36. The maximum absolute atomic E-state index is 11.2. The number of nitrogens with zero attached hydrogens (tertiary/aromatic N) is 2. The number of hydrogen-bond acceptors (Lipinski definition) is 5. The van der Waals surface area contributed by atoms with E-state index < -0.39 is 5.91 Å². The van der Waals surface area contributed by atoms with Crippen LogP contribution in [0.2, 0.25) is 0 Å². The molecule has 1 aliphatic rings. The highest BCUT2D eigenvalue weighted by molar-refractivity contribution is 5.91. The molecule has 0 fully saturated rings. The Bertz CT molecular complexity index is 715. The molecular formula is C16H18N4O2. The molecule has 2 aromatic rings. The summed E-state index contributed by atoms with van der Waals surface area (Å²) in [6.07, 6.45) is 3.43. The highest BCUT2D eigenvalue weighted by Crippen LogP contribution is 2.24. The molecule has 2 heterocycles. The predicted molar refractivity (Wildman–Crippen MR) is 82.1 cm³/mol. The largest absolute Gasteiger partial charge is 0.437 e. The molecule has 6 nitrogen and oxygen atoms in total. The first kappa shape index (κ1) is 14.5. The number of nitrogens with one attached hydrogen (secondary N) is 1. The summed E-state index contributed by atoms with van der Waals surface area (Å²) in [7, 11) is 0. The van der Waals surface area contributed by atoms with Gasteiger partial charge in [-0.25, -0.2) is 9.97 Å². The molecule has 3 rings (SSSR count). The quantitative estimate of drug-likeness (QED) is 0.893. The molecule has 0 saturated heterocycles. The van der Waals surface area contributed by atoms with E-state index in [4.69, 9.17) is 10.5 Å². The van der Waals surface area contributed by atoms with Gasteiger partial charge in [-0.3, -0.25) is 4.79 Å². The minimum absolute atomic E-state index is 0.167. The van der Waals surface area contributed by atoms with E-state index in [0.29, 0.717) is 11.6 Å². The second-order valence-electron chi connectivity index (χ2n) is 5.29. The number of rotatable bonds is 3. The monoisotopic (exact) mass is 298 g/mol. The van der Waals surface area contributed by atoms with E-state index in [2.05, 4.69) is 21.4 Å². The van der Waals surface area contributed by atoms with E-state index >= 15 is 0 Å². The molecule has 0 radical (unpaired) electrons. The van der Waals surface area contributed by atoms with Crippen LogP contribution >= 0.6 is 0 Å². The summed E-state index contributed by atoms with van der Waals surface area (Å²) in [5.74, 6) is 0.490. The molecule has 0 aliphatic carbocycles. The number of fused-ring (bicyclic) bond motifs is 1. The molecule has 0 unspecified atom stereocenters. The Kier molecular flexibility index (Phi) is 4.02. The molecule has 22 heavy (non-hydrogen) atoms. The number of aryl methyl sites for hydroxylation is 1. The summed E-state index contributed by atoms with van der Waals surface area (Å²) in [5.41, 5.74) is 8.49. The average Bonchev–Trinajstić information content (AvgIpc) is 2.71. The summed E-state index contributed by atoms with van der Waals surface area (Å²) >= 11 is 0. The van der Waals surface area contributed by atoms with Crippen LogP contribution in [-0.4, -0.2) is 29.0 Å². The molecule has 0 spiro atoms. The number of amides is 1. The fourth-order valence-electron chi connectivity index (χ4n) is 2.59. The first-order valence-electron chi connectivity index (χ1n) is 7.27. The van der Waals surface area contributed by atoms with Crippen LogP contribution in [0.15, 0.2) is 24.4 Å². The van der Waals surface area contributed by atoms with E-state index in [9.17, 15) is 4.79 Å². The third-order valence-corrected chi connectivity index (χ3v) is 3.70. The van der Waals surface area contributed by atoms with Crippen LogP contribution in [0.3, 0.4) is 0 Å². The van der Waals surface area contributed by atoms with Crippen LogP contribution in [0.1, 0.15) is 27.3 Å². The van der Waals surface area contributed by atoms with Gasteiger partial charge in [0.15, 0.2) is 0 Å². The van der Waals surface area contributed by atoms with Gasteiger partial charge in [0.2, 0.25) is 5.88 Å². The minimum Gasteiger partial charge on any atom is -0.437 e. The summed E-state index contributed by atoms with van der Waals surface area (Å²) in [6, 6.07) is 6.07. The van der Waals surface area contributed by atoms with Gasteiger partial charge in [-0.05, 0) is 56.1 Å². The van der Waals surface area contributed by atoms with E-state index in [1.807, 2.05) is 12.1 Å². The number of nitrogens with two attached hydrogens (primary N) is 1. The Balaban J connectivity index is 1.83. The summed E-state index contributed by atoms with van der Waals surface area (Å²) in [6.45, 7) is 3.66. The topological polar surface area (TPSA) is 90.1 Å². The van der Waals surface area contributed by atoms with Crippen molar-refractivity contribution in [3.8, 4) is 11.6 Å². The Morgan fingerprint density at radius 3 is 2.77 bits per heavy atom. The smallest absolute Gasteiger partial charge is 0.269 e. The van der Waals surface area contributed by atoms with Crippen LogP contribution in [0, 0.1) is 6.92 Å². The maximum atomic E-state index is 11.2. The third-order valence-electron chi connectivity index (χ3n) is 3.70. The molecule has 1 aromatic carbocycles.